The number of anilines is 1. The van der Waals surface area contributed by atoms with Gasteiger partial charge in [0.25, 0.3) is 0 Å². The van der Waals surface area contributed by atoms with Crippen LogP contribution in [0.3, 0.4) is 0 Å². The molecule has 0 bridgehead atoms. The van der Waals surface area contributed by atoms with E-state index in [4.69, 9.17) is 15.6 Å². The lowest BCUT2D eigenvalue weighted by Gasteiger charge is -2.15. The van der Waals surface area contributed by atoms with E-state index in [9.17, 15) is 13.2 Å². The predicted molar refractivity (Wildman–Crippen MR) is 93.3 cm³/mol. The summed E-state index contributed by atoms with van der Waals surface area (Å²) in [6.45, 7) is -1.56. The van der Waals surface area contributed by atoms with Crippen molar-refractivity contribution >= 4 is 11.5 Å². The second-order valence-corrected chi connectivity index (χ2v) is 5.92. The summed E-state index contributed by atoms with van der Waals surface area (Å²) in [5, 5.41) is 12.7. The molecule has 0 spiro atoms. The molecule has 1 unspecified atom stereocenters. The summed E-state index contributed by atoms with van der Waals surface area (Å²) in [6, 6.07) is 3.92. The second-order valence-electron chi connectivity index (χ2n) is 5.92. The number of ether oxygens (including phenoxy) is 2. The van der Waals surface area contributed by atoms with Gasteiger partial charge in [0.1, 0.15) is 11.3 Å². The predicted octanol–water partition coefficient (Wildman–Crippen LogP) is 2.27. The average Bonchev–Trinajstić information content (AvgIpc) is 2.99. The Balaban J connectivity index is 0.000000271. The minimum atomic E-state index is -2.93. The minimum absolute atomic E-state index is 0.0306. The van der Waals surface area contributed by atoms with Crippen LogP contribution in [0.2, 0.25) is 0 Å². The largest absolute Gasteiger partial charge is 0.433 e. The summed E-state index contributed by atoms with van der Waals surface area (Å²) in [7, 11) is 0. The molecule has 1 aliphatic rings. The van der Waals surface area contributed by atoms with Gasteiger partial charge in [0.2, 0.25) is 5.95 Å². The summed E-state index contributed by atoms with van der Waals surface area (Å²) in [6.07, 6.45) is 4.11. The first kappa shape index (κ1) is 19.8. The number of fused-ring (bicyclic) bond motifs is 1. The molecule has 28 heavy (non-hydrogen) atoms. The van der Waals surface area contributed by atoms with Crippen LogP contribution in [0.15, 0.2) is 30.6 Å². The lowest BCUT2D eigenvalue weighted by atomic mass is 10.2. The molecule has 3 N–H and O–H groups in total. The van der Waals surface area contributed by atoms with E-state index >= 15 is 0 Å². The fraction of sp³-hybridized carbons (Fsp3) is 0.353. The molecule has 1 aliphatic heterocycles. The van der Waals surface area contributed by atoms with E-state index in [-0.39, 0.29) is 23.3 Å². The summed E-state index contributed by atoms with van der Waals surface area (Å²) in [4.78, 5) is 7.65. The molecule has 0 amide bonds. The molecule has 1 saturated heterocycles. The maximum absolute atomic E-state index is 13.8. The van der Waals surface area contributed by atoms with Gasteiger partial charge in [0.15, 0.2) is 5.82 Å². The average molecular weight is 397 g/mol. The van der Waals surface area contributed by atoms with Crippen LogP contribution in [0, 0.1) is 5.82 Å². The van der Waals surface area contributed by atoms with Crippen LogP contribution in [0.25, 0.3) is 16.9 Å². The standard InChI is InChI=1S/C12H8F3N5O.C5H10O2/c13-7-3-9(20-10(7)5-18-12(16)19-20)8-2-1-6(4-17-8)21-11(14)15;6-5-2-1-3-7-4-5/h1-5,11H,(H2,16,19);5-6H,1-4H2. The van der Waals surface area contributed by atoms with Gasteiger partial charge in [-0.25, -0.2) is 13.9 Å². The Morgan fingerprint density at radius 3 is 2.68 bits per heavy atom. The summed E-state index contributed by atoms with van der Waals surface area (Å²) in [5.74, 6) is -0.666. The Hall–Kier alpha value is -2.92. The van der Waals surface area contributed by atoms with Gasteiger partial charge in [-0.15, -0.1) is 5.10 Å². The first-order valence-corrected chi connectivity index (χ1v) is 8.41. The molecule has 4 rings (SSSR count). The van der Waals surface area contributed by atoms with Crippen LogP contribution in [-0.2, 0) is 4.74 Å². The molecule has 3 aromatic rings. The number of nitrogens with two attached hydrogens (primary N) is 1. The van der Waals surface area contributed by atoms with E-state index in [1.54, 1.807) is 0 Å². The normalized spacial score (nSPS) is 16.7. The van der Waals surface area contributed by atoms with Crippen molar-refractivity contribution in [1.29, 1.82) is 0 Å². The quantitative estimate of drug-likeness (QED) is 0.698. The van der Waals surface area contributed by atoms with Crippen LogP contribution in [0.1, 0.15) is 12.8 Å². The Morgan fingerprint density at radius 2 is 2.11 bits per heavy atom. The summed E-state index contributed by atoms with van der Waals surface area (Å²) in [5.41, 5.74) is 6.25. The topological polar surface area (TPSA) is 108 Å². The van der Waals surface area contributed by atoms with Crippen molar-refractivity contribution < 1.29 is 27.8 Å². The highest BCUT2D eigenvalue weighted by atomic mass is 19.3. The van der Waals surface area contributed by atoms with Gasteiger partial charge in [-0.05, 0) is 25.0 Å². The van der Waals surface area contributed by atoms with Crippen LogP contribution < -0.4 is 10.5 Å². The second kappa shape index (κ2) is 8.85. The van der Waals surface area contributed by atoms with Gasteiger partial charge in [-0.2, -0.15) is 8.78 Å². The number of aromatic nitrogens is 4. The number of aliphatic hydroxyl groups excluding tert-OH is 1. The van der Waals surface area contributed by atoms with E-state index < -0.39 is 12.4 Å². The molecule has 0 radical (unpaired) electrons. The van der Waals surface area contributed by atoms with Crippen molar-refractivity contribution in [2.75, 3.05) is 18.9 Å². The monoisotopic (exact) mass is 397 g/mol. The van der Waals surface area contributed by atoms with E-state index in [0.29, 0.717) is 18.0 Å². The van der Waals surface area contributed by atoms with Gasteiger partial charge in [-0.3, -0.25) is 4.98 Å². The number of hydrogen-bond donors (Lipinski definition) is 2. The number of nitrogens with zero attached hydrogens (tertiary/aromatic N) is 4. The summed E-state index contributed by atoms with van der Waals surface area (Å²) < 4.78 is 48.3. The van der Waals surface area contributed by atoms with Crippen molar-refractivity contribution in [3.8, 4) is 17.1 Å². The molecule has 150 valence electrons. The zero-order chi connectivity index (χ0) is 20.1. The highest BCUT2D eigenvalue weighted by Gasteiger charge is 2.14. The third-order valence-corrected chi connectivity index (χ3v) is 3.85. The molecule has 1 atom stereocenters. The molecular weight excluding hydrogens is 379 g/mol. The Labute approximate surface area is 157 Å². The number of pyridine rings is 1. The van der Waals surface area contributed by atoms with Crippen molar-refractivity contribution in [1.82, 2.24) is 19.6 Å². The van der Waals surface area contributed by atoms with E-state index in [1.807, 2.05) is 0 Å². The van der Waals surface area contributed by atoms with Crippen LogP contribution in [0.4, 0.5) is 19.1 Å². The molecule has 3 aromatic heterocycles. The van der Waals surface area contributed by atoms with Crippen molar-refractivity contribution in [3.05, 3.63) is 36.4 Å². The first-order chi connectivity index (χ1) is 13.4. The molecule has 1 fully saturated rings. The Kier molecular flexibility index (Phi) is 6.26. The van der Waals surface area contributed by atoms with Gasteiger partial charge in [0, 0.05) is 12.7 Å². The third-order valence-electron chi connectivity index (χ3n) is 3.85. The van der Waals surface area contributed by atoms with E-state index in [2.05, 4.69) is 19.8 Å². The van der Waals surface area contributed by atoms with Crippen LogP contribution in [0.5, 0.6) is 5.75 Å². The zero-order valence-electron chi connectivity index (χ0n) is 14.6. The van der Waals surface area contributed by atoms with Crippen LogP contribution >= 0.6 is 0 Å². The lowest BCUT2D eigenvalue weighted by Crippen LogP contribution is -2.21. The minimum Gasteiger partial charge on any atom is -0.433 e. The number of halogens is 3. The van der Waals surface area contributed by atoms with E-state index in [0.717, 1.165) is 25.6 Å². The number of alkyl halides is 2. The number of aliphatic hydroxyl groups is 1. The maximum Gasteiger partial charge on any atom is 0.387 e. The fourth-order valence-corrected chi connectivity index (χ4v) is 2.58. The Morgan fingerprint density at radius 1 is 1.29 bits per heavy atom. The van der Waals surface area contributed by atoms with E-state index in [1.165, 1.54) is 28.9 Å². The highest BCUT2D eigenvalue weighted by Crippen LogP contribution is 2.24. The third kappa shape index (κ3) is 4.87. The lowest BCUT2D eigenvalue weighted by molar-refractivity contribution is -0.0500. The highest BCUT2D eigenvalue weighted by molar-refractivity contribution is 5.64. The number of nitrogen functional groups attached to an aromatic ring is 1. The number of rotatable bonds is 3. The summed E-state index contributed by atoms with van der Waals surface area (Å²) >= 11 is 0. The molecule has 8 nitrogen and oxygen atoms in total. The molecule has 0 aliphatic carbocycles. The van der Waals surface area contributed by atoms with Gasteiger partial charge in [0.05, 0.1) is 36.5 Å². The van der Waals surface area contributed by atoms with Gasteiger partial charge < -0.3 is 20.3 Å². The van der Waals surface area contributed by atoms with Gasteiger partial charge >= 0.3 is 6.61 Å². The maximum atomic E-state index is 13.8. The van der Waals surface area contributed by atoms with Crippen molar-refractivity contribution in [2.24, 2.45) is 0 Å². The molecular formula is C17H18F3N5O3. The first-order valence-electron chi connectivity index (χ1n) is 8.41. The molecule has 0 saturated carbocycles. The molecule has 4 heterocycles. The molecule has 0 aromatic carbocycles. The smallest absolute Gasteiger partial charge is 0.387 e. The number of hydrogen-bond acceptors (Lipinski definition) is 7. The Bertz CT molecular complexity index is 914. The van der Waals surface area contributed by atoms with Crippen molar-refractivity contribution in [3.63, 3.8) is 0 Å². The van der Waals surface area contributed by atoms with Crippen molar-refractivity contribution in [2.45, 2.75) is 25.6 Å². The zero-order valence-corrected chi connectivity index (χ0v) is 14.6. The molecule has 11 heteroatoms. The fourth-order valence-electron chi connectivity index (χ4n) is 2.58. The SMILES string of the molecule is Nc1ncc2c(F)cc(-c3ccc(OC(F)F)cn3)n2n1.OC1CCCOC1. The van der Waals surface area contributed by atoms with Crippen LogP contribution in [-0.4, -0.2) is 50.6 Å². The van der Waals surface area contributed by atoms with Gasteiger partial charge in [-0.1, -0.05) is 0 Å².